The van der Waals surface area contributed by atoms with Crippen LogP contribution in [0.4, 0.5) is 16.2 Å². The minimum atomic E-state index is -0.573. The lowest BCUT2D eigenvalue weighted by Gasteiger charge is -2.31. The van der Waals surface area contributed by atoms with E-state index in [1.54, 1.807) is 13.2 Å². The highest BCUT2D eigenvalue weighted by Gasteiger charge is 2.54. The Balaban J connectivity index is 1.77. The molecule has 0 aromatic heterocycles. The molecule has 154 valence electrons. The van der Waals surface area contributed by atoms with Crippen molar-refractivity contribution < 1.29 is 19.0 Å². The van der Waals surface area contributed by atoms with Gasteiger partial charge in [0.25, 0.3) is 0 Å². The summed E-state index contributed by atoms with van der Waals surface area (Å²) in [5, 5.41) is 6.93. The lowest BCUT2D eigenvalue weighted by atomic mass is 9.73. The first kappa shape index (κ1) is 19.9. The molecule has 0 aliphatic carbocycles. The molecule has 0 bridgehead atoms. The third kappa shape index (κ3) is 3.51. The Bertz CT molecular complexity index is 956. The first-order valence-corrected chi connectivity index (χ1v) is 9.97. The van der Waals surface area contributed by atoms with Crippen molar-refractivity contribution in [3.05, 3.63) is 52.5 Å². The summed E-state index contributed by atoms with van der Waals surface area (Å²) in [6.45, 7) is 6.11. The number of carbonyl (C=O) groups excluding carboxylic acids is 1. The lowest BCUT2D eigenvalue weighted by molar-refractivity contribution is 0.0636. The molecule has 0 spiro atoms. The van der Waals surface area contributed by atoms with Crippen LogP contribution in [0, 0.1) is 0 Å². The first-order chi connectivity index (χ1) is 13.7. The summed E-state index contributed by atoms with van der Waals surface area (Å²) in [6, 6.07) is 11.4. The van der Waals surface area contributed by atoms with E-state index >= 15 is 0 Å². The van der Waals surface area contributed by atoms with Gasteiger partial charge in [-0.25, -0.2) is 4.79 Å². The largest absolute Gasteiger partial charge is 0.496 e. The van der Waals surface area contributed by atoms with Gasteiger partial charge in [0.1, 0.15) is 17.6 Å². The van der Waals surface area contributed by atoms with Crippen molar-refractivity contribution in [2.75, 3.05) is 24.4 Å². The average molecular weight is 417 g/mol. The van der Waals surface area contributed by atoms with Gasteiger partial charge in [0, 0.05) is 22.0 Å². The Morgan fingerprint density at radius 1 is 1.24 bits per heavy atom. The van der Waals surface area contributed by atoms with Crippen molar-refractivity contribution in [1.82, 2.24) is 0 Å². The third-order valence-electron chi connectivity index (χ3n) is 5.30. The molecule has 29 heavy (non-hydrogen) atoms. The number of ether oxygens (including phenoxy) is 3. The quantitative estimate of drug-likeness (QED) is 0.723. The highest BCUT2D eigenvalue weighted by molar-refractivity contribution is 6.30. The van der Waals surface area contributed by atoms with Gasteiger partial charge in [-0.2, -0.15) is 0 Å². The second kappa shape index (κ2) is 7.11. The first-order valence-electron chi connectivity index (χ1n) is 9.60. The van der Waals surface area contributed by atoms with E-state index in [2.05, 4.69) is 10.6 Å². The predicted molar refractivity (Wildman–Crippen MR) is 113 cm³/mol. The second-order valence-electron chi connectivity index (χ2n) is 8.35. The number of nitrogens with one attached hydrogen (secondary N) is 2. The van der Waals surface area contributed by atoms with Crippen LogP contribution in [-0.4, -0.2) is 31.6 Å². The van der Waals surface area contributed by atoms with Gasteiger partial charge in [-0.15, -0.1) is 0 Å². The standard InChI is InChI=1S/C22H25ClN2O4/c1-21(2,3)29-20(26)24-14-6-8-18(27-4)16(12-14)22-9-10-28-19(22)25-17-11-13(23)5-7-15(17)22/h5-8,11-12,19,25H,9-10H2,1-4H3,(H,24,26)/t19?,22-/m1/s1. The zero-order valence-electron chi connectivity index (χ0n) is 17.0. The zero-order chi connectivity index (χ0) is 20.8. The van der Waals surface area contributed by atoms with E-state index in [9.17, 15) is 4.79 Å². The molecule has 2 aromatic carbocycles. The maximum absolute atomic E-state index is 12.3. The number of amides is 1. The average Bonchev–Trinajstić information content (AvgIpc) is 3.16. The van der Waals surface area contributed by atoms with Crippen molar-refractivity contribution in [2.45, 2.75) is 44.4 Å². The number of halogens is 1. The van der Waals surface area contributed by atoms with Gasteiger partial charge in [-0.3, -0.25) is 5.32 Å². The Morgan fingerprint density at radius 3 is 2.76 bits per heavy atom. The Labute approximate surface area is 175 Å². The van der Waals surface area contributed by atoms with Crippen molar-refractivity contribution in [3.63, 3.8) is 0 Å². The maximum atomic E-state index is 12.3. The number of methoxy groups -OCH3 is 1. The highest BCUT2D eigenvalue weighted by atomic mass is 35.5. The van der Waals surface area contributed by atoms with E-state index in [1.165, 1.54) is 0 Å². The fourth-order valence-electron chi connectivity index (χ4n) is 4.19. The molecule has 2 aliphatic heterocycles. The summed E-state index contributed by atoms with van der Waals surface area (Å²) in [6.07, 6.45) is 0.0506. The molecule has 1 saturated heterocycles. The molecule has 1 unspecified atom stereocenters. The third-order valence-corrected chi connectivity index (χ3v) is 5.54. The predicted octanol–water partition coefficient (Wildman–Crippen LogP) is 5.15. The molecule has 2 heterocycles. The van der Waals surface area contributed by atoms with Crippen LogP contribution in [0.1, 0.15) is 38.3 Å². The number of benzene rings is 2. The normalized spacial score (nSPS) is 22.4. The smallest absolute Gasteiger partial charge is 0.412 e. The van der Waals surface area contributed by atoms with Crippen molar-refractivity contribution in [3.8, 4) is 5.75 Å². The van der Waals surface area contributed by atoms with E-state index in [0.29, 0.717) is 17.3 Å². The number of hydrogen-bond donors (Lipinski definition) is 2. The summed E-state index contributed by atoms with van der Waals surface area (Å²) in [5.74, 6) is 0.736. The number of hydrogen-bond acceptors (Lipinski definition) is 5. The number of rotatable bonds is 3. The van der Waals surface area contributed by atoms with Crippen molar-refractivity contribution in [1.29, 1.82) is 0 Å². The van der Waals surface area contributed by atoms with E-state index in [-0.39, 0.29) is 6.23 Å². The minimum absolute atomic E-state index is 0.235. The molecule has 1 amide bonds. The van der Waals surface area contributed by atoms with Crippen LogP contribution in [0.5, 0.6) is 5.75 Å². The molecular weight excluding hydrogens is 392 g/mol. The van der Waals surface area contributed by atoms with Crippen molar-refractivity contribution in [2.24, 2.45) is 0 Å². The monoisotopic (exact) mass is 416 g/mol. The second-order valence-corrected chi connectivity index (χ2v) is 8.78. The van der Waals surface area contributed by atoms with Crippen LogP contribution in [-0.2, 0) is 14.9 Å². The minimum Gasteiger partial charge on any atom is -0.496 e. The molecule has 4 rings (SSSR count). The molecule has 2 aliphatic rings. The number of carbonyl (C=O) groups is 1. The van der Waals surface area contributed by atoms with Gasteiger partial charge in [0.15, 0.2) is 0 Å². The molecule has 2 aromatic rings. The van der Waals surface area contributed by atoms with Crippen molar-refractivity contribution >= 4 is 29.1 Å². The summed E-state index contributed by atoms with van der Waals surface area (Å²) in [5.41, 5.74) is 2.64. The van der Waals surface area contributed by atoms with Crippen LogP contribution >= 0.6 is 11.6 Å². The summed E-state index contributed by atoms with van der Waals surface area (Å²) < 4.78 is 17.1. The Kier molecular flexibility index (Phi) is 4.87. The fourth-order valence-corrected chi connectivity index (χ4v) is 4.37. The van der Waals surface area contributed by atoms with E-state index in [0.717, 1.165) is 29.0 Å². The Morgan fingerprint density at radius 2 is 2.03 bits per heavy atom. The molecule has 2 N–H and O–H groups in total. The Hall–Kier alpha value is -2.44. The van der Waals surface area contributed by atoms with E-state index in [4.69, 9.17) is 25.8 Å². The van der Waals surface area contributed by atoms with Gasteiger partial charge in [0.05, 0.1) is 19.1 Å². The van der Waals surface area contributed by atoms with Crippen LogP contribution < -0.4 is 15.4 Å². The summed E-state index contributed by atoms with van der Waals surface area (Å²) in [4.78, 5) is 12.3. The molecular formula is C22H25ClN2O4. The van der Waals surface area contributed by atoms with Crippen LogP contribution in [0.25, 0.3) is 0 Å². The maximum Gasteiger partial charge on any atom is 0.412 e. The SMILES string of the molecule is COc1ccc(NC(=O)OC(C)(C)C)cc1[C@]12CCOC1Nc1cc(Cl)ccc12. The molecule has 7 heteroatoms. The fraction of sp³-hybridized carbons (Fsp3) is 0.409. The van der Waals surface area contributed by atoms with E-state index < -0.39 is 17.1 Å². The van der Waals surface area contributed by atoms with Gasteiger partial charge < -0.3 is 19.5 Å². The molecule has 1 fully saturated rings. The zero-order valence-corrected chi connectivity index (χ0v) is 17.7. The van der Waals surface area contributed by atoms with Crippen LogP contribution in [0.2, 0.25) is 5.02 Å². The number of anilines is 2. The molecule has 6 nitrogen and oxygen atoms in total. The van der Waals surface area contributed by atoms with Gasteiger partial charge in [0.2, 0.25) is 0 Å². The van der Waals surface area contributed by atoms with Gasteiger partial charge in [-0.05, 0) is 63.1 Å². The molecule has 0 radical (unpaired) electrons. The van der Waals surface area contributed by atoms with Crippen LogP contribution in [0.15, 0.2) is 36.4 Å². The summed E-state index contributed by atoms with van der Waals surface area (Å²) >= 11 is 6.20. The molecule has 0 saturated carbocycles. The summed E-state index contributed by atoms with van der Waals surface area (Å²) in [7, 11) is 1.65. The number of fused-ring (bicyclic) bond motifs is 3. The topological polar surface area (TPSA) is 68.8 Å². The van der Waals surface area contributed by atoms with E-state index in [1.807, 2.05) is 51.1 Å². The highest BCUT2D eigenvalue weighted by Crippen LogP contribution is 2.54. The lowest BCUT2D eigenvalue weighted by Crippen LogP contribution is -2.36. The van der Waals surface area contributed by atoms with Gasteiger partial charge in [-0.1, -0.05) is 17.7 Å². The van der Waals surface area contributed by atoms with Gasteiger partial charge >= 0.3 is 6.09 Å². The van der Waals surface area contributed by atoms with Crippen LogP contribution in [0.3, 0.4) is 0 Å². The molecule has 2 atom stereocenters.